The standard InChI is InChI=1S/C20H17.C17H15.C2H6Si.2ClH.Zr/c1-2-9-16(10-3-1)19-12-6-11-17-13-18(14-20(17)19)15-7-4-5-8-15;1-12-10-16-13(2)8-9-15(17(16)11-12)14-6-4-3-5-7-14;1-3-2;;;/h1-4,6-7,9-15H,5,8H2;3-11H,1-2H3;1-2H3;2*1H;/q2*-1;;;;+4/p-2. The van der Waals surface area contributed by atoms with Crippen LogP contribution < -0.4 is 0 Å². The van der Waals surface area contributed by atoms with E-state index in [4.69, 9.17) is 17.0 Å². The third kappa shape index (κ3) is 8.80. The van der Waals surface area contributed by atoms with Gasteiger partial charge in [-0.15, -0.1) is 68.6 Å². The first-order valence-electron chi connectivity index (χ1n) is 14.7. The third-order valence-electron chi connectivity index (χ3n) is 7.63. The molecule has 1 atom stereocenters. The molecule has 0 aliphatic heterocycles. The normalized spacial score (nSPS) is 13.3. The quantitative estimate of drug-likeness (QED) is 0.0982. The summed E-state index contributed by atoms with van der Waals surface area (Å²) >= 11 is -0.826. The van der Waals surface area contributed by atoms with Crippen LogP contribution in [0.3, 0.4) is 0 Å². The molecule has 0 amide bonds. The van der Waals surface area contributed by atoms with Crippen molar-refractivity contribution in [1.29, 1.82) is 0 Å². The Balaban J connectivity index is 0.000000168. The average molecular weight is 697 g/mol. The van der Waals surface area contributed by atoms with Gasteiger partial charge in [0, 0.05) is 9.52 Å². The third-order valence-corrected chi connectivity index (χ3v) is 7.63. The van der Waals surface area contributed by atoms with E-state index >= 15 is 0 Å². The molecule has 7 rings (SSSR count). The number of aryl methyl sites for hydroxylation is 2. The number of halogens is 2. The summed E-state index contributed by atoms with van der Waals surface area (Å²) in [7, 11) is 11.0. The average Bonchev–Trinajstić information content (AvgIpc) is 3.79. The Labute approximate surface area is 279 Å². The Hall–Kier alpha value is -2.48. The van der Waals surface area contributed by atoms with Gasteiger partial charge in [0.25, 0.3) is 0 Å². The molecule has 0 aromatic heterocycles. The second-order valence-electron chi connectivity index (χ2n) is 10.8. The molecule has 0 saturated carbocycles. The van der Waals surface area contributed by atoms with Crippen molar-refractivity contribution in [3.05, 3.63) is 144 Å². The summed E-state index contributed by atoms with van der Waals surface area (Å²) < 4.78 is 0. The number of hydrogen-bond donors (Lipinski definition) is 0. The van der Waals surface area contributed by atoms with Crippen LogP contribution in [-0.2, 0) is 20.8 Å². The van der Waals surface area contributed by atoms with Crippen molar-refractivity contribution in [3.63, 3.8) is 0 Å². The van der Waals surface area contributed by atoms with Gasteiger partial charge in [0.05, 0.1) is 0 Å². The minimum absolute atomic E-state index is 0.617. The fraction of sp³-hybridized carbons (Fsp3) is 0.179. The summed E-state index contributed by atoms with van der Waals surface area (Å²) in [4.78, 5) is 0. The van der Waals surface area contributed by atoms with E-state index in [9.17, 15) is 0 Å². The van der Waals surface area contributed by atoms with Crippen LogP contribution in [0.2, 0.25) is 13.1 Å². The van der Waals surface area contributed by atoms with Gasteiger partial charge >= 0.3 is 37.9 Å². The van der Waals surface area contributed by atoms with E-state index in [0.717, 1.165) is 9.52 Å². The second kappa shape index (κ2) is 17.1. The monoisotopic (exact) mass is 694 g/mol. The first-order chi connectivity index (χ1) is 21.0. The molecule has 43 heavy (non-hydrogen) atoms. The Morgan fingerprint density at radius 1 is 0.721 bits per heavy atom. The molecule has 0 bridgehead atoms. The molecule has 1 aliphatic rings. The molecular formula is C39H38Cl2SiZr. The molecule has 0 N–H and O–H groups in total. The van der Waals surface area contributed by atoms with Crippen molar-refractivity contribution in [1.82, 2.24) is 0 Å². The van der Waals surface area contributed by atoms with Gasteiger partial charge in [-0.3, -0.25) is 0 Å². The Kier molecular flexibility index (Phi) is 13.3. The Morgan fingerprint density at radius 2 is 1.33 bits per heavy atom. The molecule has 1 aliphatic carbocycles. The molecule has 0 spiro atoms. The molecule has 1 unspecified atom stereocenters. The van der Waals surface area contributed by atoms with Gasteiger partial charge in [-0.25, -0.2) is 0 Å². The molecule has 0 fully saturated rings. The second-order valence-corrected chi connectivity index (χ2v) is 15.5. The maximum absolute atomic E-state index is 4.93. The van der Waals surface area contributed by atoms with Gasteiger partial charge in [-0.1, -0.05) is 123 Å². The summed E-state index contributed by atoms with van der Waals surface area (Å²) in [5, 5.41) is 5.49. The van der Waals surface area contributed by atoms with Crippen molar-refractivity contribution in [3.8, 4) is 22.3 Å². The van der Waals surface area contributed by atoms with E-state index in [2.05, 4.69) is 154 Å². The Bertz CT molecular complexity index is 1730. The topological polar surface area (TPSA) is 0 Å². The van der Waals surface area contributed by atoms with Gasteiger partial charge in [0.1, 0.15) is 0 Å². The molecular weight excluding hydrogens is 659 g/mol. The van der Waals surface area contributed by atoms with Gasteiger partial charge in [-0.05, 0) is 29.9 Å². The molecule has 6 aromatic carbocycles. The number of hydrogen-bond acceptors (Lipinski definition) is 0. The summed E-state index contributed by atoms with van der Waals surface area (Å²) in [5.74, 6) is 0.617. The SMILES string of the molecule is C1=CC(c2cc3c(-c4ccccc4)cccc3[cH-]2)CC1.C[Si]C.Cc1cc2c(-c3ccccc3)ccc(C)c2[cH-]1.[Cl][Zr+2][Cl]. The predicted octanol–water partition coefficient (Wildman–Crippen LogP) is 12.7. The van der Waals surface area contributed by atoms with E-state index in [0.29, 0.717) is 5.92 Å². The van der Waals surface area contributed by atoms with E-state index in [1.54, 1.807) is 0 Å². The van der Waals surface area contributed by atoms with Crippen LogP contribution in [0.5, 0.6) is 0 Å². The van der Waals surface area contributed by atoms with Crippen LogP contribution >= 0.6 is 17.0 Å². The van der Waals surface area contributed by atoms with Gasteiger partial charge in [0.2, 0.25) is 0 Å². The van der Waals surface area contributed by atoms with Crippen LogP contribution in [-0.4, -0.2) is 9.52 Å². The van der Waals surface area contributed by atoms with E-state index in [1.807, 2.05) is 0 Å². The zero-order valence-corrected chi connectivity index (χ0v) is 30.3. The summed E-state index contributed by atoms with van der Waals surface area (Å²) in [6.45, 7) is 8.64. The number of fused-ring (bicyclic) bond motifs is 2. The predicted molar refractivity (Wildman–Crippen MR) is 190 cm³/mol. The zero-order chi connectivity index (χ0) is 30.6. The summed E-state index contributed by atoms with van der Waals surface area (Å²) in [5.41, 5.74) is 9.44. The molecule has 4 heteroatoms. The minimum atomic E-state index is -0.826. The molecule has 0 saturated heterocycles. The molecule has 6 aromatic rings. The van der Waals surface area contributed by atoms with Crippen molar-refractivity contribution in [2.75, 3.05) is 0 Å². The zero-order valence-electron chi connectivity index (χ0n) is 25.4. The van der Waals surface area contributed by atoms with Crippen LogP contribution in [0.25, 0.3) is 43.8 Å². The number of rotatable bonds is 3. The van der Waals surface area contributed by atoms with Crippen LogP contribution in [0, 0.1) is 13.8 Å². The fourth-order valence-electron chi connectivity index (χ4n) is 5.71. The molecule has 0 nitrogen and oxygen atoms in total. The fourth-order valence-corrected chi connectivity index (χ4v) is 5.71. The van der Waals surface area contributed by atoms with Crippen LogP contribution in [0.1, 0.15) is 35.4 Å². The molecule has 0 heterocycles. The van der Waals surface area contributed by atoms with Gasteiger partial charge in [0.15, 0.2) is 0 Å². The van der Waals surface area contributed by atoms with Gasteiger partial charge in [-0.2, -0.15) is 12.1 Å². The summed E-state index contributed by atoms with van der Waals surface area (Å²) in [6, 6.07) is 41.6. The summed E-state index contributed by atoms with van der Waals surface area (Å²) in [6.07, 6.45) is 7.14. The number of allylic oxidation sites excluding steroid dienone is 2. The van der Waals surface area contributed by atoms with Crippen LogP contribution in [0.15, 0.2) is 127 Å². The molecule has 216 valence electrons. The van der Waals surface area contributed by atoms with Crippen molar-refractivity contribution in [2.24, 2.45) is 0 Å². The van der Waals surface area contributed by atoms with E-state index in [1.165, 1.54) is 73.3 Å². The van der Waals surface area contributed by atoms with Crippen molar-refractivity contribution >= 4 is 48.1 Å². The first kappa shape index (κ1) is 33.4. The van der Waals surface area contributed by atoms with Crippen molar-refractivity contribution < 1.29 is 20.8 Å². The van der Waals surface area contributed by atoms with E-state index < -0.39 is 20.8 Å². The number of benzene rings is 4. The van der Waals surface area contributed by atoms with Crippen LogP contribution in [0.4, 0.5) is 0 Å². The van der Waals surface area contributed by atoms with Crippen molar-refractivity contribution in [2.45, 2.75) is 45.7 Å². The van der Waals surface area contributed by atoms with Gasteiger partial charge < -0.3 is 0 Å². The maximum atomic E-state index is 4.93. The van der Waals surface area contributed by atoms with E-state index in [-0.39, 0.29) is 0 Å². The Morgan fingerprint density at radius 3 is 1.91 bits per heavy atom. The first-order valence-corrected chi connectivity index (χ1v) is 23.0. The molecule has 2 radical (unpaired) electrons.